The Kier molecular flexibility index (Phi) is 3.49. The van der Waals surface area contributed by atoms with Gasteiger partial charge in [0.25, 0.3) is 0 Å². The average Bonchev–Trinajstić information content (AvgIpc) is 2.71. The fourth-order valence-electron chi connectivity index (χ4n) is 1.55. The molecule has 3 nitrogen and oxygen atoms in total. The van der Waals surface area contributed by atoms with Crippen LogP contribution in [0.2, 0.25) is 10.0 Å². The molecule has 0 aliphatic rings. The van der Waals surface area contributed by atoms with Crippen LogP contribution in [0.1, 0.15) is 0 Å². The van der Waals surface area contributed by atoms with Crippen molar-refractivity contribution in [3.63, 3.8) is 0 Å². The summed E-state index contributed by atoms with van der Waals surface area (Å²) < 4.78 is 1.96. The molecule has 0 atom stereocenters. The third-order valence-corrected chi connectivity index (χ3v) is 3.10. The maximum Gasteiger partial charge on any atom is 0.141 e. The summed E-state index contributed by atoms with van der Waals surface area (Å²) in [4.78, 5) is 4.27. The van der Waals surface area contributed by atoms with Crippen molar-refractivity contribution in [2.75, 3.05) is 6.54 Å². The molecule has 0 bridgehead atoms. The molecule has 0 saturated heterocycles. The molecule has 1 heterocycles. The Morgan fingerprint density at radius 1 is 1.31 bits per heavy atom. The molecular formula is C11H11Cl2N3. The maximum atomic E-state index is 6.14. The zero-order valence-electron chi connectivity index (χ0n) is 8.53. The first kappa shape index (κ1) is 11.5. The van der Waals surface area contributed by atoms with Crippen LogP contribution < -0.4 is 5.73 Å². The molecule has 0 radical (unpaired) electrons. The van der Waals surface area contributed by atoms with Crippen LogP contribution in [0.5, 0.6) is 0 Å². The van der Waals surface area contributed by atoms with E-state index < -0.39 is 0 Å². The van der Waals surface area contributed by atoms with E-state index in [1.165, 1.54) is 0 Å². The normalized spacial score (nSPS) is 10.7. The highest BCUT2D eigenvalue weighted by molar-refractivity contribution is 6.43. The predicted molar refractivity (Wildman–Crippen MR) is 66.7 cm³/mol. The zero-order chi connectivity index (χ0) is 11.5. The quantitative estimate of drug-likeness (QED) is 0.917. The number of hydrogen-bond acceptors (Lipinski definition) is 2. The van der Waals surface area contributed by atoms with Crippen molar-refractivity contribution in [3.8, 4) is 11.4 Å². The summed E-state index contributed by atoms with van der Waals surface area (Å²) in [5, 5.41) is 1.05. The van der Waals surface area contributed by atoms with Gasteiger partial charge < -0.3 is 10.3 Å². The molecule has 84 valence electrons. The van der Waals surface area contributed by atoms with E-state index >= 15 is 0 Å². The number of halogens is 2. The molecule has 0 amide bonds. The SMILES string of the molecule is NCCn1ccnc1-c1cccc(Cl)c1Cl. The van der Waals surface area contributed by atoms with E-state index in [2.05, 4.69) is 4.98 Å². The number of rotatable bonds is 3. The minimum absolute atomic E-state index is 0.522. The third-order valence-electron chi connectivity index (χ3n) is 2.28. The van der Waals surface area contributed by atoms with Crippen LogP contribution in [-0.2, 0) is 6.54 Å². The zero-order valence-corrected chi connectivity index (χ0v) is 10.0. The number of benzene rings is 1. The van der Waals surface area contributed by atoms with Crippen molar-refractivity contribution < 1.29 is 0 Å². The van der Waals surface area contributed by atoms with Gasteiger partial charge in [0.05, 0.1) is 10.0 Å². The van der Waals surface area contributed by atoms with Crippen LogP contribution in [0.3, 0.4) is 0 Å². The van der Waals surface area contributed by atoms with Crippen LogP contribution >= 0.6 is 23.2 Å². The first-order valence-electron chi connectivity index (χ1n) is 4.89. The van der Waals surface area contributed by atoms with E-state index in [0.29, 0.717) is 23.1 Å². The van der Waals surface area contributed by atoms with Gasteiger partial charge in [-0.1, -0.05) is 29.3 Å². The van der Waals surface area contributed by atoms with Gasteiger partial charge in [-0.05, 0) is 12.1 Å². The monoisotopic (exact) mass is 255 g/mol. The second kappa shape index (κ2) is 4.87. The van der Waals surface area contributed by atoms with Gasteiger partial charge >= 0.3 is 0 Å². The Balaban J connectivity index is 2.50. The molecule has 1 aromatic carbocycles. The standard InChI is InChI=1S/C11H11Cl2N3/c12-9-3-1-2-8(10(9)13)11-15-5-7-16(11)6-4-14/h1-3,5,7H,4,6,14H2. The number of imidazole rings is 1. The van der Waals surface area contributed by atoms with Crippen LogP contribution in [0.15, 0.2) is 30.6 Å². The average molecular weight is 256 g/mol. The van der Waals surface area contributed by atoms with Crippen molar-refractivity contribution >= 4 is 23.2 Å². The molecular weight excluding hydrogens is 245 g/mol. The summed E-state index contributed by atoms with van der Waals surface area (Å²) in [5.41, 5.74) is 6.35. The molecule has 2 aromatic rings. The molecule has 5 heteroatoms. The molecule has 0 spiro atoms. The topological polar surface area (TPSA) is 43.8 Å². The first-order chi connectivity index (χ1) is 7.74. The summed E-state index contributed by atoms with van der Waals surface area (Å²) in [7, 11) is 0. The molecule has 0 saturated carbocycles. The van der Waals surface area contributed by atoms with Crippen LogP contribution in [0.4, 0.5) is 0 Å². The number of hydrogen-bond donors (Lipinski definition) is 1. The van der Waals surface area contributed by atoms with E-state index in [1.807, 2.05) is 22.9 Å². The molecule has 1 aromatic heterocycles. The first-order valence-corrected chi connectivity index (χ1v) is 5.65. The van der Waals surface area contributed by atoms with E-state index in [0.717, 1.165) is 11.4 Å². The van der Waals surface area contributed by atoms with E-state index in [1.54, 1.807) is 12.3 Å². The van der Waals surface area contributed by atoms with Crippen molar-refractivity contribution in [1.29, 1.82) is 0 Å². The smallest absolute Gasteiger partial charge is 0.141 e. The lowest BCUT2D eigenvalue weighted by Gasteiger charge is -2.08. The van der Waals surface area contributed by atoms with Crippen LogP contribution in [0.25, 0.3) is 11.4 Å². The molecule has 2 rings (SSSR count). The third kappa shape index (κ3) is 2.07. The highest BCUT2D eigenvalue weighted by Gasteiger charge is 2.11. The van der Waals surface area contributed by atoms with Gasteiger partial charge in [0.15, 0.2) is 0 Å². The fourth-order valence-corrected chi connectivity index (χ4v) is 1.93. The fraction of sp³-hybridized carbons (Fsp3) is 0.182. The number of nitrogens with zero attached hydrogens (tertiary/aromatic N) is 2. The number of aromatic nitrogens is 2. The van der Waals surface area contributed by atoms with E-state index in [-0.39, 0.29) is 0 Å². The van der Waals surface area contributed by atoms with Gasteiger partial charge in [-0.2, -0.15) is 0 Å². The highest BCUT2D eigenvalue weighted by atomic mass is 35.5. The second-order valence-corrected chi connectivity index (χ2v) is 4.12. The molecule has 0 aliphatic carbocycles. The number of nitrogens with two attached hydrogens (primary N) is 1. The van der Waals surface area contributed by atoms with E-state index in [4.69, 9.17) is 28.9 Å². The van der Waals surface area contributed by atoms with Crippen LogP contribution in [0, 0.1) is 0 Å². The van der Waals surface area contributed by atoms with Gasteiger partial charge in [0.1, 0.15) is 5.82 Å². The molecule has 0 aliphatic heterocycles. The van der Waals surface area contributed by atoms with Gasteiger partial charge in [-0.25, -0.2) is 4.98 Å². The van der Waals surface area contributed by atoms with Gasteiger partial charge in [0, 0.05) is 31.0 Å². The summed E-state index contributed by atoms with van der Waals surface area (Å²) in [6.07, 6.45) is 3.60. The largest absolute Gasteiger partial charge is 0.330 e. The summed E-state index contributed by atoms with van der Waals surface area (Å²) in [5.74, 6) is 0.790. The minimum Gasteiger partial charge on any atom is -0.330 e. The summed E-state index contributed by atoms with van der Waals surface area (Å²) in [6.45, 7) is 1.26. The highest BCUT2D eigenvalue weighted by Crippen LogP contribution is 2.32. The molecule has 0 unspecified atom stereocenters. The second-order valence-electron chi connectivity index (χ2n) is 3.33. The summed E-state index contributed by atoms with van der Waals surface area (Å²) >= 11 is 12.1. The Morgan fingerprint density at radius 3 is 2.88 bits per heavy atom. The lowest BCUT2D eigenvalue weighted by atomic mass is 10.2. The van der Waals surface area contributed by atoms with Crippen molar-refractivity contribution in [2.45, 2.75) is 6.54 Å². The molecule has 0 fully saturated rings. The van der Waals surface area contributed by atoms with Gasteiger partial charge in [-0.3, -0.25) is 0 Å². The van der Waals surface area contributed by atoms with Crippen molar-refractivity contribution in [3.05, 3.63) is 40.6 Å². The maximum absolute atomic E-state index is 6.14. The van der Waals surface area contributed by atoms with Crippen LogP contribution in [-0.4, -0.2) is 16.1 Å². The molecule has 2 N–H and O–H groups in total. The predicted octanol–water partition coefficient (Wildman–Crippen LogP) is 2.82. The van der Waals surface area contributed by atoms with Crippen molar-refractivity contribution in [1.82, 2.24) is 9.55 Å². The Bertz CT molecular complexity index is 494. The van der Waals surface area contributed by atoms with Gasteiger partial charge in [-0.15, -0.1) is 0 Å². The Labute approximate surface area is 104 Å². The lowest BCUT2D eigenvalue weighted by Crippen LogP contribution is -2.10. The molecule has 16 heavy (non-hydrogen) atoms. The lowest BCUT2D eigenvalue weighted by molar-refractivity contribution is 0.715. The minimum atomic E-state index is 0.522. The summed E-state index contributed by atoms with van der Waals surface area (Å²) in [6, 6.07) is 5.50. The Hall–Kier alpha value is -1.03. The Morgan fingerprint density at radius 2 is 2.12 bits per heavy atom. The van der Waals surface area contributed by atoms with Gasteiger partial charge in [0.2, 0.25) is 0 Å². The van der Waals surface area contributed by atoms with Crippen molar-refractivity contribution in [2.24, 2.45) is 5.73 Å². The van der Waals surface area contributed by atoms with E-state index in [9.17, 15) is 0 Å².